The van der Waals surface area contributed by atoms with E-state index in [1.165, 1.54) is 133 Å². The van der Waals surface area contributed by atoms with E-state index in [1.807, 2.05) is 0 Å². The summed E-state index contributed by atoms with van der Waals surface area (Å²) < 4.78 is 0. The Balaban J connectivity index is 1.71. The molecule has 1 aromatic rings. The molecule has 0 saturated carbocycles. The molecule has 156 valence electrons. The van der Waals surface area contributed by atoms with E-state index >= 15 is 0 Å². The van der Waals surface area contributed by atoms with E-state index in [0.29, 0.717) is 0 Å². The van der Waals surface area contributed by atoms with Crippen LogP contribution in [0.5, 0.6) is 0 Å². The minimum Gasteiger partial charge on any atom is -0.0654 e. The van der Waals surface area contributed by atoms with Crippen LogP contribution in [-0.2, 0) is 6.42 Å². The van der Waals surface area contributed by atoms with Crippen molar-refractivity contribution < 1.29 is 0 Å². The van der Waals surface area contributed by atoms with E-state index in [4.69, 9.17) is 0 Å². The first-order chi connectivity index (χ1) is 13.3. The van der Waals surface area contributed by atoms with Crippen molar-refractivity contribution in [2.24, 2.45) is 0 Å². The third-order valence-corrected chi connectivity index (χ3v) is 5.94. The number of unbranched alkanes of at least 4 members (excludes halogenated alkanes) is 17. The lowest BCUT2D eigenvalue weighted by molar-refractivity contribution is 0.525. The van der Waals surface area contributed by atoms with Crippen molar-refractivity contribution in [3.8, 4) is 0 Å². The van der Waals surface area contributed by atoms with Crippen LogP contribution >= 0.6 is 0 Å². The average Bonchev–Trinajstić information content (AvgIpc) is 2.68. The lowest BCUT2D eigenvalue weighted by Crippen LogP contribution is -1.87. The molecular weight excluding hydrogens is 324 g/mol. The Morgan fingerprint density at radius 1 is 0.444 bits per heavy atom. The third kappa shape index (κ3) is 15.9. The summed E-state index contributed by atoms with van der Waals surface area (Å²) in [5, 5.41) is 0. The van der Waals surface area contributed by atoms with Crippen LogP contribution in [0.15, 0.2) is 24.3 Å². The fourth-order valence-electron chi connectivity index (χ4n) is 3.99. The summed E-state index contributed by atoms with van der Waals surface area (Å²) >= 11 is 0. The molecule has 0 aliphatic carbocycles. The summed E-state index contributed by atoms with van der Waals surface area (Å²) in [7, 11) is 0. The van der Waals surface area contributed by atoms with Crippen LogP contribution in [0, 0.1) is 6.92 Å². The van der Waals surface area contributed by atoms with E-state index in [-0.39, 0.29) is 0 Å². The Bertz CT molecular complexity index is 403. The fourth-order valence-corrected chi connectivity index (χ4v) is 3.99. The molecule has 0 heteroatoms. The molecule has 0 atom stereocenters. The van der Waals surface area contributed by atoms with Gasteiger partial charge < -0.3 is 0 Å². The maximum atomic E-state index is 2.30. The van der Waals surface area contributed by atoms with Gasteiger partial charge in [0.05, 0.1) is 0 Å². The molecule has 0 fully saturated rings. The molecule has 0 nitrogen and oxygen atoms in total. The number of rotatable bonds is 19. The SMILES string of the molecule is CCCCCCCCCCCCCCCCCCCCc1ccc(C)cc1. The standard InChI is InChI=1S/C27H48/c1-3-4-5-6-7-8-9-10-11-12-13-14-15-16-17-18-19-20-21-27-24-22-26(2)23-25-27/h22-25H,3-21H2,1-2H3. The fraction of sp³-hybridized carbons (Fsp3) is 0.778. The number of benzene rings is 1. The monoisotopic (exact) mass is 372 g/mol. The molecule has 1 aromatic carbocycles. The van der Waals surface area contributed by atoms with Gasteiger partial charge in [-0.05, 0) is 25.3 Å². The largest absolute Gasteiger partial charge is 0.0654 e. The van der Waals surface area contributed by atoms with Crippen molar-refractivity contribution in [2.45, 2.75) is 136 Å². The molecule has 0 spiro atoms. The first kappa shape index (κ1) is 24.3. The zero-order valence-corrected chi connectivity index (χ0v) is 18.7. The average molecular weight is 373 g/mol. The second-order valence-corrected chi connectivity index (χ2v) is 8.75. The summed E-state index contributed by atoms with van der Waals surface area (Å²) in [5.74, 6) is 0. The lowest BCUT2D eigenvalue weighted by atomic mass is 10.0. The van der Waals surface area contributed by atoms with Gasteiger partial charge in [0.15, 0.2) is 0 Å². The van der Waals surface area contributed by atoms with Gasteiger partial charge in [-0.1, -0.05) is 146 Å². The first-order valence-corrected chi connectivity index (χ1v) is 12.4. The summed E-state index contributed by atoms with van der Waals surface area (Å²) in [6, 6.07) is 9.07. The quantitative estimate of drug-likeness (QED) is 0.212. The van der Waals surface area contributed by atoms with Gasteiger partial charge in [0.1, 0.15) is 0 Å². The molecule has 0 N–H and O–H groups in total. The maximum Gasteiger partial charge on any atom is -0.0279 e. The number of hydrogen-bond donors (Lipinski definition) is 0. The van der Waals surface area contributed by atoms with Crippen molar-refractivity contribution in [3.63, 3.8) is 0 Å². The molecule has 0 aliphatic heterocycles. The molecule has 0 heterocycles. The van der Waals surface area contributed by atoms with Crippen molar-refractivity contribution >= 4 is 0 Å². The van der Waals surface area contributed by atoms with Gasteiger partial charge in [-0.2, -0.15) is 0 Å². The smallest absolute Gasteiger partial charge is 0.0279 e. The zero-order chi connectivity index (χ0) is 19.4. The topological polar surface area (TPSA) is 0 Å². The van der Waals surface area contributed by atoms with E-state index in [9.17, 15) is 0 Å². The van der Waals surface area contributed by atoms with Crippen LogP contribution in [0.2, 0.25) is 0 Å². The van der Waals surface area contributed by atoms with Crippen molar-refractivity contribution in [3.05, 3.63) is 35.4 Å². The lowest BCUT2D eigenvalue weighted by Gasteiger charge is -2.04. The van der Waals surface area contributed by atoms with Gasteiger partial charge in [0.2, 0.25) is 0 Å². The Morgan fingerprint density at radius 3 is 1.15 bits per heavy atom. The number of aryl methyl sites for hydroxylation is 2. The highest BCUT2D eigenvalue weighted by Crippen LogP contribution is 2.15. The van der Waals surface area contributed by atoms with Crippen LogP contribution in [-0.4, -0.2) is 0 Å². The van der Waals surface area contributed by atoms with E-state index in [0.717, 1.165) is 0 Å². The zero-order valence-electron chi connectivity index (χ0n) is 18.7. The highest BCUT2D eigenvalue weighted by Gasteiger charge is 1.96. The Morgan fingerprint density at radius 2 is 0.778 bits per heavy atom. The van der Waals surface area contributed by atoms with Crippen LogP contribution in [0.4, 0.5) is 0 Å². The van der Waals surface area contributed by atoms with Gasteiger partial charge in [-0.25, -0.2) is 0 Å². The predicted octanol–water partition coefficient (Wildman–Crippen LogP) is 9.58. The van der Waals surface area contributed by atoms with Gasteiger partial charge in [0.25, 0.3) is 0 Å². The molecular formula is C27H48. The maximum absolute atomic E-state index is 2.30. The third-order valence-electron chi connectivity index (χ3n) is 5.94. The van der Waals surface area contributed by atoms with Crippen LogP contribution in [0.1, 0.15) is 134 Å². The van der Waals surface area contributed by atoms with Crippen molar-refractivity contribution in [1.82, 2.24) is 0 Å². The van der Waals surface area contributed by atoms with Gasteiger partial charge >= 0.3 is 0 Å². The minimum absolute atomic E-state index is 1.26. The highest BCUT2D eigenvalue weighted by atomic mass is 14.0. The van der Waals surface area contributed by atoms with Gasteiger partial charge in [-0.3, -0.25) is 0 Å². The minimum atomic E-state index is 1.26. The second-order valence-electron chi connectivity index (χ2n) is 8.75. The molecule has 0 aromatic heterocycles. The second kappa shape index (κ2) is 18.6. The molecule has 0 aliphatic rings. The van der Waals surface area contributed by atoms with Crippen LogP contribution in [0.25, 0.3) is 0 Å². The highest BCUT2D eigenvalue weighted by molar-refractivity contribution is 5.21. The molecule has 0 saturated heterocycles. The van der Waals surface area contributed by atoms with Crippen LogP contribution < -0.4 is 0 Å². The number of hydrogen-bond acceptors (Lipinski definition) is 0. The summed E-state index contributed by atoms with van der Waals surface area (Å²) in [6.07, 6.45) is 27.4. The van der Waals surface area contributed by atoms with Crippen molar-refractivity contribution in [2.75, 3.05) is 0 Å². The van der Waals surface area contributed by atoms with Gasteiger partial charge in [0, 0.05) is 0 Å². The summed E-state index contributed by atoms with van der Waals surface area (Å²) in [5.41, 5.74) is 2.88. The molecule has 27 heavy (non-hydrogen) atoms. The normalized spacial score (nSPS) is 11.2. The summed E-state index contributed by atoms with van der Waals surface area (Å²) in [6.45, 7) is 4.47. The van der Waals surface area contributed by atoms with Crippen molar-refractivity contribution in [1.29, 1.82) is 0 Å². The molecule has 0 unspecified atom stereocenters. The molecule has 0 amide bonds. The molecule has 0 bridgehead atoms. The molecule has 1 rings (SSSR count). The Kier molecular flexibility index (Phi) is 16.7. The van der Waals surface area contributed by atoms with E-state index in [2.05, 4.69) is 38.1 Å². The summed E-state index contributed by atoms with van der Waals surface area (Å²) in [4.78, 5) is 0. The van der Waals surface area contributed by atoms with E-state index in [1.54, 1.807) is 0 Å². The van der Waals surface area contributed by atoms with Gasteiger partial charge in [-0.15, -0.1) is 0 Å². The Labute approximate surface area is 171 Å². The predicted molar refractivity (Wildman–Crippen MR) is 124 cm³/mol. The first-order valence-electron chi connectivity index (χ1n) is 12.4. The Hall–Kier alpha value is -0.780. The molecule has 0 radical (unpaired) electrons. The van der Waals surface area contributed by atoms with Crippen LogP contribution in [0.3, 0.4) is 0 Å². The van der Waals surface area contributed by atoms with E-state index < -0.39 is 0 Å².